The molecule has 0 unspecified atom stereocenters. The molecule has 0 aliphatic heterocycles. The topological polar surface area (TPSA) is 50.7 Å². The van der Waals surface area contributed by atoms with Crippen molar-refractivity contribution in [3.8, 4) is 5.75 Å². The molecule has 0 aliphatic carbocycles. The molecule has 4 rings (SSSR count). The van der Waals surface area contributed by atoms with Crippen LogP contribution in [0, 0.1) is 0 Å². The molecule has 0 bridgehead atoms. The monoisotopic (exact) mass is 428 g/mol. The number of hydrogen-bond donors (Lipinski definition) is 1. The Morgan fingerprint density at radius 2 is 1.58 bits per heavy atom. The Hall–Kier alpha value is -3.63. The fraction of sp³-hybridized carbons (Fsp3) is 0.0769. The molecule has 154 valence electrons. The number of nitrogens with zero attached hydrogens (tertiary/aromatic N) is 1. The highest BCUT2D eigenvalue weighted by molar-refractivity contribution is 6.31. The van der Waals surface area contributed by atoms with Crippen molar-refractivity contribution in [1.82, 2.24) is 5.43 Å². The fourth-order valence-electron chi connectivity index (χ4n) is 3.26. The lowest BCUT2D eigenvalue weighted by Crippen LogP contribution is -2.19. The van der Waals surface area contributed by atoms with E-state index >= 15 is 0 Å². The van der Waals surface area contributed by atoms with Crippen molar-refractivity contribution < 1.29 is 9.53 Å². The van der Waals surface area contributed by atoms with Crippen molar-refractivity contribution in [3.63, 3.8) is 0 Å². The zero-order valence-corrected chi connectivity index (χ0v) is 17.5. The third-order valence-corrected chi connectivity index (χ3v) is 5.23. The first kappa shape index (κ1) is 20.6. The summed E-state index contributed by atoms with van der Waals surface area (Å²) in [5, 5.41) is 6.95. The summed E-state index contributed by atoms with van der Waals surface area (Å²) < 4.78 is 5.77. The van der Waals surface area contributed by atoms with E-state index in [0.717, 1.165) is 33.2 Å². The Morgan fingerprint density at radius 1 is 0.871 bits per heavy atom. The molecule has 0 fully saturated rings. The van der Waals surface area contributed by atoms with Crippen LogP contribution in [0.25, 0.3) is 10.8 Å². The van der Waals surface area contributed by atoms with Crippen LogP contribution in [-0.4, -0.2) is 12.1 Å². The van der Waals surface area contributed by atoms with Crippen LogP contribution in [0.3, 0.4) is 0 Å². The van der Waals surface area contributed by atoms with Crippen LogP contribution in [0.5, 0.6) is 5.75 Å². The van der Waals surface area contributed by atoms with Gasteiger partial charge in [-0.2, -0.15) is 5.10 Å². The molecule has 1 N–H and O–H groups in total. The minimum Gasteiger partial charge on any atom is -0.489 e. The Kier molecular flexibility index (Phi) is 6.60. The van der Waals surface area contributed by atoms with E-state index in [-0.39, 0.29) is 12.3 Å². The summed E-state index contributed by atoms with van der Waals surface area (Å²) in [6.45, 7) is 0.400. The third kappa shape index (κ3) is 5.50. The SMILES string of the molecule is O=C(Cc1cccc2ccccc12)N/N=C\c1ccc(OCc2ccccc2Cl)cc1. The van der Waals surface area contributed by atoms with Gasteiger partial charge in [-0.1, -0.05) is 72.3 Å². The highest BCUT2D eigenvalue weighted by atomic mass is 35.5. The minimum absolute atomic E-state index is 0.160. The molecule has 0 atom stereocenters. The summed E-state index contributed by atoms with van der Waals surface area (Å²) >= 11 is 6.15. The molecule has 0 radical (unpaired) electrons. The zero-order valence-electron chi connectivity index (χ0n) is 16.8. The molecule has 0 aromatic heterocycles. The molecule has 4 aromatic rings. The second-order valence-electron chi connectivity index (χ2n) is 7.06. The average molecular weight is 429 g/mol. The van der Waals surface area contributed by atoms with Gasteiger partial charge in [0.25, 0.3) is 0 Å². The highest BCUT2D eigenvalue weighted by Crippen LogP contribution is 2.20. The smallest absolute Gasteiger partial charge is 0.244 e. The lowest BCUT2D eigenvalue weighted by atomic mass is 10.0. The van der Waals surface area contributed by atoms with Gasteiger partial charge in [-0.15, -0.1) is 0 Å². The molecule has 31 heavy (non-hydrogen) atoms. The van der Waals surface area contributed by atoms with Crippen molar-refractivity contribution in [1.29, 1.82) is 0 Å². The van der Waals surface area contributed by atoms with Crippen LogP contribution >= 0.6 is 11.6 Å². The van der Waals surface area contributed by atoms with Gasteiger partial charge in [-0.3, -0.25) is 4.79 Å². The quantitative estimate of drug-likeness (QED) is 0.300. The molecule has 5 heteroatoms. The molecule has 4 aromatic carbocycles. The van der Waals surface area contributed by atoms with E-state index in [0.29, 0.717) is 11.6 Å². The van der Waals surface area contributed by atoms with E-state index in [1.807, 2.05) is 91.0 Å². The first-order valence-corrected chi connectivity index (χ1v) is 10.3. The first-order valence-electron chi connectivity index (χ1n) is 9.94. The minimum atomic E-state index is -0.160. The normalized spacial score (nSPS) is 11.0. The van der Waals surface area contributed by atoms with E-state index in [4.69, 9.17) is 16.3 Å². The lowest BCUT2D eigenvalue weighted by Gasteiger charge is -2.08. The van der Waals surface area contributed by atoms with E-state index < -0.39 is 0 Å². The maximum absolute atomic E-state index is 12.3. The van der Waals surface area contributed by atoms with E-state index in [1.54, 1.807) is 6.21 Å². The number of nitrogens with one attached hydrogen (secondary N) is 1. The summed E-state index contributed by atoms with van der Waals surface area (Å²) in [5.74, 6) is 0.573. The Bertz CT molecular complexity index is 1210. The number of rotatable bonds is 7. The fourth-order valence-corrected chi connectivity index (χ4v) is 3.45. The highest BCUT2D eigenvalue weighted by Gasteiger charge is 2.06. The average Bonchev–Trinajstić information content (AvgIpc) is 2.80. The number of amides is 1. The number of halogens is 1. The van der Waals surface area contributed by atoms with Gasteiger partial charge in [-0.05, 0) is 52.2 Å². The van der Waals surface area contributed by atoms with Gasteiger partial charge in [0.1, 0.15) is 12.4 Å². The first-order chi connectivity index (χ1) is 15.2. The van der Waals surface area contributed by atoms with Gasteiger partial charge in [-0.25, -0.2) is 5.43 Å². The van der Waals surface area contributed by atoms with Gasteiger partial charge in [0.15, 0.2) is 0 Å². The third-order valence-electron chi connectivity index (χ3n) is 4.87. The van der Waals surface area contributed by atoms with Crippen LogP contribution in [0.1, 0.15) is 16.7 Å². The molecule has 0 aliphatic rings. The molecular formula is C26H21ClN2O2. The van der Waals surface area contributed by atoms with Crippen molar-refractivity contribution in [3.05, 3.63) is 113 Å². The molecule has 1 amide bonds. The van der Waals surface area contributed by atoms with Gasteiger partial charge in [0, 0.05) is 10.6 Å². The van der Waals surface area contributed by atoms with Gasteiger partial charge in [0.05, 0.1) is 12.6 Å². The second kappa shape index (κ2) is 9.92. The second-order valence-corrected chi connectivity index (χ2v) is 7.46. The predicted molar refractivity (Wildman–Crippen MR) is 126 cm³/mol. The van der Waals surface area contributed by atoms with E-state index in [2.05, 4.69) is 10.5 Å². The Morgan fingerprint density at radius 3 is 2.42 bits per heavy atom. The van der Waals surface area contributed by atoms with Crippen molar-refractivity contribution in [2.45, 2.75) is 13.0 Å². The summed E-state index contributed by atoms with van der Waals surface area (Å²) in [4.78, 5) is 12.3. The molecule has 0 saturated heterocycles. The maximum atomic E-state index is 12.3. The molecule has 0 heterocycles. The predicted octanol–water partition coefficient (Wildman–Crippen LogP) is 5.77. The number of benzene rings is 4. The Labute approximate surface area is 186 Å². The Balaban J connectivity index is 1.30. The van der Waals surface area contributed by atoms with Crippen LogP contribution < -0.4 is 10.2 Å². The maximum Gasteiger partial charge on any atom is 0.244 e. The number of hydrazone groups is 1. The largest absolute Gasteiger partial charge is 0.489 e. The number of ether oxygens (including phenoxy) is 1. The van der Waals surface area contributed by atoms with Crippen LogP contribution in [0.2, 0.25) is 5.02 Å². The zero-order chi connectivity index (χ0) is 21.5. The van der Waals surface area contributed by atoms with Crippen molar-refractivity contribution in [2.75, 3.05) is 0 Å². The standard InChI is InChI=1S/C26H21ClN2O2/c27-25-11-4-2-7-22(25)18-31-23-14-12-19(13-15-23)17-28-29-26(30)16-21-9-5-8-20-6-1-3-10-24(20)21/h1-15,17H,16,18H2,(H,29,30)/b28-17-. The lowest BCUT2D eigenvalue weighted by molar-refractivity contribution is -0.120. The molecule has 4 nitrogen and oxygen atoms in total. The van der Waals surface area contributed by atoms with Crippen molar-refractivity contribution in [2.24, 2.45) is 5.10 Å². The molecule has 0 spiro atoms. The van der Waals surface area contributed by atoms with Crippen LogP contribution in [-0.2, 0) is 17.8 Å². The number of fused-ring (bicyclic) bond motifs is 1. The van der Waals surface area contributed by atoms with E-state index in [9.17, 15) is 4.79 Å². The van der Waals surface area contributed by atoms with Gasteiger partial charge in [0.2, 0.25) is 5.91 Å². The summed E-state index contributed by atoms with van der Waals surface area (Å²) in [5.41, 5.74) is 5.37. The number of carbonyl (C=O) groups is 1. The molecule has 0 saturated carbocycles. The number of hydrogen-bond acceptors (Lipinski definition) is 3. The summed E-state index contributed by atoms with van der Waals surface area (Å²) in [6.07, 6.45) is 1.88. The van der Waals surface area contributed by atoms with Gasteiger partial charge < -0.3 is 4.74 Å². The van der Waals surface area contributed by atoms with Crippen LogP contribution in [0.15, 0.2) is 96.1 Å². The number of carbonyl (C=O) groups excluding carboxylic acids is 1. The molecular weight excluding hydrogens is 408 g/mol. The summed E-state index contributed by atoms with van der Waals surface area (Å²) in [7, 11) is 0. The van der Waals surface area contributed by atoms with Gasteiger partial charge >= 0.3 is 0 Å². The van der Waals surface area contributed by atoms with E-state index in [1.165, 1.54) is 0 Å². The summed E-state index contributed by atoms with van der Waals surface area (Å²) in [6, 6.07) is 29.1. The van der Waals surface area contributed by atoms with Crippen LogP contribution in [0.4, 0.5) is 0 Å². The van der Waals surface area contributed by atoms with Crippen molar-refractivity contribution >= 4 is 34.5 Å².